The van der Waals surface area contributed by atoms with E-state index in [-0.39, 0.29) is 13.0 Å². The first-order chi connectivity index (χ1) is 5.46. The molecule has 1 aliphatic heterocycles. The van der Waals surface area contributed by atoms with E-state index < -0.39 is 11.8 Å². The highest BCUT2D eigenvalue weighted by Gasteiger charge is 2.53. The molecule has 72 valence electrons. The lowest BCUT2D eigenvalue weighted by Gasteiger charge is -2.28. The van der Waals surface area contributed by atoms with E-state index in [1.807, 2.05) is 0 Å². The van der Waals surface area contributed by atoms with Crippen LogP contribution in [0.1, 0.15) is 19.3 Å². The summed E-state index contributed by atoms with van der Waals surface area (Å²) in [7, 11) is 0. The van der Waals surface area contributed by atoms with Crippen LogP contribution >= 0.6 is 0 Å². The van der Waals surface area contributed by atoms with Gasteiger partial charge in [-0.2, -0.15) is 13.2 Å². The van der Waals surface area contributed by atoms with Gasteiger partial charge in [-0.15, -0.1) is 0 Å². The third-order valence-corrected chi connectivity index (χ3v) is 2.14. The molecule has 0 saturated carbocycles. The first kappa shape index (κ1) is 9.80. The Morgan fingerprint density at radius 1 is 1.25 bits per heavy atom. The van der Waals surface area contributed by atoms with Gasteiger partial charge in [-0.25, -0.2) is 0 Å². The fourth-order valence-corrected chi connectivity index (χ4v) is 1.29. The van der Waals surface area contributed by atoms with E-state index in [0.29, 0.717) is 19.4 Å². The average Bonchev–Trinajstić information content (AvgIpc) is 2.12. The van der Waals surface area contributed by atoms with Crippen molar-refractivity contribution in [2.75, 3.05) is 13.1 Å². The Hall–Kier alpha value is -0.290. The fourth-order valence-electron chi connectivity index (χ4n) is 1.29. The molecule has 1 fully saturated rings. The molecule has 0 unspecified atom stereocenters. The minimum Gasteiger partial charge on any atom is -0.379 e. The lowest BCUT2D eigenvalue weighted by molar-refractivity contribution is -0.259. The number of alkyl halides is 3. The van der Waals surface area contributed by atoms with Gasteiger partial charge in [-0.1, -0.05) is 0 Å². The van der Waals surface area contributed by atoms with E-state index in [4.69, 9.17) is 0 Å². The highest BCUT2D eigenvalue weighted by atomic mass is 19.4. The number of halogens is 3. The standard InChI is InChI=1S/C7H12F3NO/c8-7(9,10)6(12)3-1-2-4-11-5-6/h11-12H,1-5H2/t6-/m1/s1. The molecule has 1 saturated heterocycles. The minimum absolute atomic E-state index is 0.191. The second-order valence-electron chi connectivity index (χ2n) is 3.16. The van der Waals surface area contributed by atoms with Crippen molar-refractivity contribution in [2.24, 2.45) is 0 Å². The third-order valence-electron chi connectivity index (χ3n) is 2.14. The fraction of sp³-hybridized carbons (Fsp3) is 1.00. The van der Waals surface area contributed by atoms with Crippen LogP contribution in [0.3, 0.4) is 0 Å². The molecule has 0 spiro atoms. The van der Waals surface area contributed by atoms with Gasteiger partial charge >= 0.3 is 6.18 Å². The lowest BCUT2D eigenvalue weighted by Crippen LogP contribution is -2.51. The largest absolute Gasteiger partial charge is 0.418 e. The predicted molar refractivity (Wildman–Crippen MR) is 37.7 cm³/mol. The van der Waals surface area contributed by atoms with Gasteiger partial charge in [-0.3, -0.25) is 0 Å². The van der Waals surface area contributed by atoms with Crippen LogP contribution in [0, 0.1) is 0 Å². The van der Waals surface area contributed by atoms with Gasteiger partial charge in [0.15, 0.2) is 5.60 Å². The molecule has 0 aromatic rings. The summed E-state index contributed by atoms with van der Waals surface area (Å²) >= 11 is 0. The Morgan fingerprint density at radius 3 is 2.50 bits per heavy atom. The van der Waals surface area contributed by atoms with Crippen LogP contribution in [0.2, 0.25) is 0 Å². The van der Waals surface area contributed by atoms with Gasteiger partial charge < -0.3 is 10.4 Å². The molecule has 0 bridgehead atoms. The second kappa shape index (κ2) is 3.22. The van der Waals surface area contributed by atoms with Crippen LogP contribution in [0.25, 0.3) is 0 Å². The molecule has 5 heteroatoms. The summed E-state index contributed by atoms with van der Waals surface area (Å²) in [5, 5.41) is 11.8. The molecular weight excluding hydrogens is 171 g/mol. The van der Waals surface area contributed by atoms with Gasteiger partial charge in [0.25, 0.3) is 0 Å². The number of nitrogens with one attached hydrogen (secondary N) is 1. The zero-order valence-corrected chi connectivity index (χ0v) is 6.62. The highest BCUT2D eigenvalue weighted by molar-refractivity contribution is 4.90. The summed E-state index contributed by atoms with van der Waals surface area (Å²) in [4.78, 5) is 0. The van der Waals surface area contributed by atoms with Gasteiger partial charge in [0.05, 0.1) is 0 Å². The molecule has 2 N–H and O–H groups in total. The van der Waals surface area contributed by atoms with Gasteiger partial charge in [-0.05, 0) is 25.8 Å². The Kier molecular flexibility index (Phi) is 2.63. The van der Waals surface area contributed by atoms with Crippen molar-refractivity contribution in [3.63, 3.8) is 0 Å². The number of aliphatic hydroxyl groups is 1. The van der Waals surface area contributed by atoms with Crippen LogP contribution in [0.4, 0.5) is 13.2 Å². The predicted octanol–water partition coefficient (Wildman–Crippen LogP) is 1.05. The molecule has 0 aromatic carbocycles. The molecule has 0 aromatic heterocycles. The maximum atomic E-state index is 12.2. The van der Waals surface area contributed by atoms with Gasteiger partial charge in [0.2, 0.25) is 0 Å². The van der Waals surface area contributed by atoms with E-state index in [1.165, 1.54) is 0 Å². The molecule has 0 radical (unpaired) electrons. The summed E-state index contributed by atoms with van der Waals surface area (Å²) in [5.41, 5.74) is -2.51. The molecule has 1 rings (SSSR count). The summed E-state index contributed by atoms with van der Waals surface area (Å²) in [6, 6.07) is 0. The maximum Gasteiger partial charge on any atom is 0.418 e. The van der Waals surface area contributed by atoms with Gasteiger partial charge in [0.1, 0.15) is 0 Å². The quantitative estimate of drug-likeness (QED) is 0.588. The molecule has 1 heterocycles. The molecule has 12 heavy (non-hydrogen) atoms. The van der Waals surface area contributed by atoms with Crippen molar-refractivity contribution >= 4 is 0 Å². The molecular formula is C7H12F3NO. The van der Waals surface area contributed by atoms with Crippen LogP contribution in [-0.4, -0.2) is 30.0 Å². The zero-order chi connectivity index (χ0) is 9.24. The number of hydrogen-bond acceptors (Lipinski definition) is 2. The molecule has 1 aliphatic rings. The van der Waals surface area contributed by atoms with Crippen molar-refractivity contribution < 1.29 is 18.3 Å². The van der Waals surface area contributed by atoms with Crippen molar-refractivity contribution in [1.82, 2.24) is 5.32 Å². The third kappa shape index (κ3) is 1.90. The number of rotatable bonds is 0. The highest BCUT2D eigenvalue weighted by Crippen LogP contribution is 2.34. The van der Waals surface area contributed by atoms with Crippen molar-refractivity contribution in [1.29, 1.82) is 0 Å². The van der Waals surface area contributed by atoms with E-state index in [0.717, 1.165) is 0 Å². The van der Waals surface area contributed by atoms with Crippen molar-refractivity contribution in [2.45, 2.75) is 31.0 Å². The summed E-state index contributed by atoms with van der Waals surface area (Å²) < 4.78 is 36.6. The molecule has 0 amide bonds. The van der Waals surface area contributed by atoms with Crippen LogP contribution in [-0.2, 0) is 0 Å². The minimum atomic E-state index is -4.51. The monoisotopic (exact) mass is 183 g/mol. The Labute approximate surface area is 68.8 Å². The Morgan fingerprint density at radius 2 is 1.92 bits per heavy atom. The molecule has 0 aliphatic carbocycles. The van der Waals surface area contributed by atoms with Crippen LogP contribution in [0.15, 0.2) is 0 Å². The summed E-state index contributed by atoms with van der Waals surface area (Å²) in [6.07, 6.45) is -3.59. The maximum absolute atomic E-state index is 12.2. The summed E-state index contributed by atoms with van der Waals surface area (Å²) in [5.74, 6) is 0. The van der Waals surface area contributed by atoms with E-state index in [1.54, 1.807) is 0 Å². The average molecular weight is 183 g/mol. The van der Waals surface area contributed by atoms with E-state index in [9.17, 15) is 18.3 Å². The Bertz CT molecular complexity index is 149. The van der Waals surface area contributed by atoms with Crippen LogP contribution in [0.5, 0.6) is 0 Å². The van der Waals surface area contributed by atoms with E-state index >= 15 is 0 Å². The second-order valence-corrected chi connectivity index (χ2v) is 3.16. The SMILES string of the molecule is O[C@]1(C(F)(F)F)CCCCNC1. The summed E-state index contributed by atoms with van der Waals surface area (Å²) in [6.45, 7) is 0.175. The topological polar surface area (TPSA) is 32.3 Å². The first-order valence-electron chi connectivity index (χ1n) is 3.95. The van der Waals surface area contributed by atoms with Crippen molar-refractivity contribution in [3.8, 4) is 0 Å². The number of β-amino-alcohol motifs (C(OH)–C–C–N with tert-alkyl or cyclic N) is 1. The smallest absolute Gasteiger partial charge is 0.379 e. The van der Waals surface area contributed by atoms with Crippen LogP contribution < -0.4 is 5.32 Å². The zero-order valence-electron chi connectivity index (χ0n) is 6.62. The Balaban J connectivity index is 2.67. The normalized spacial score (nSPS) is 33.0. The number of hydrogen-bond donors (Lipinski definition) is 2. The van der Waals surface area contributed by atoms with E-state index in [2.05, 4.69) is 5.32 Å². The van der Waals surface area contributed by atoms with Crippen molar-refractivity contribution in [3.05, 3.63) is 0 Å². The lowest BCUT2D eigenvalue weighted by atomic mass is 9.97. The van der Waals surface area contributed by atoms with Gasteiger partial charge in [0, 0.05) is 6.54 Å². The first-order valence-corrected chi connectivity index (χ1v) is 3.95. The molecule has 1 atom stereocenters. The molecule has 2 nitrogen and oxygen atoms in total.